The van der Waals surface area contributed by atoms with Gasteiger partial charge in [-0.05, 0) is 36.4 Å². The van der Waals surface area contributed by atoms with Crippen molar-refractivity contribution in [2.75, 3.05) is 41.4 Å². The van der Waals surface area contributed by atoms with E-state index in [0.717, 1.165) is 9.40 Å². The van der Waals surface area contributed by atoms with Gasteiger partial charge in [0, 0.05) is 20.2 Å². The Morgan fingerprint density at radius 3 is 2.19 bits per heavy atom. The Hall–Kier alpha value is -2.15. The molecule has 1 atom stereocenters. The summed E-state index contributed by atoms with van der Waals surface area (Å²) in [5.41, 5.74) is -0.0370. The predicted molar refractivity (Wildman–Crippen MR) is 107 cm³/mol. The van der Waals surface area contributed by atoms with Crippen molar-refractivity contribution >= 4 is 31.5 Å². The van der Waals surface area contributed by atoms with E-state index >= 15 is 0 Å². The van der Waals surface area contributed by atoms with Gasteiger partial charge in [-0.3, -0.25) is 4.79 Å². The highest BCUT2D eigenvalue weighted by molar-refractivity contribution is 7.24. The lowest BCUT2D eigenvalue weighted by atomic mass is 10.1. The zero-order chi connectivity index (χ0) is 18.9. The van der Waals surface area contributed by atoms with Crippen LogP contribution in [0.3, 0.4) is 0 Å². The minimum absolute atomic E-state index is 0.0370. The number of quaternary nitrogens is 1. The maximum absolute atomic E-state index is 12.9. The summed E-state index contributed by atoms with van der Waals surface area (Å²) in [6, 6.07) is 11.0. The van der Waals surface area contributed by atoms with Gasteiger partial charge in [-0.1, -0.05) is 0 Å². The Balaban J connectivity index is 1.91. The normalized spacial score (nSPS) is 13.1. The lowest BCUT2D eigenvalue weighted by molar-refractivity contribution is -0.873. The van der Waals surface area contributed by atoms with Crippen molar-refractivity contribution in [2.24, 2.45) is 0 Å². The fourth-order valence-electron chi connectivity index (χ4n) is 2.91. The van der Waals surface area contributed by atoms with Gasteiger partial charge in [0.2, 0.25) is 0 Å². The molecule has 0 aliphatic rings. The molecule has 3 aromatic rings. The van der Waals surface area contributed by atoms with Crippen LogP contribution in [0.1, 0.15) is 0 Å². The second-order valence-electron chi connectivity index (χ2n) is 7.39. The van der Waals surface area contributed by atoms with Gasteiger partial charge >= 0.3 is 0 Å². The van der Waals surface area contributed by atoms with Crippen molar-refractivity contribution in [3.8, 4) is 11.5 Å². The fourth-order valence-corrected chi connectivity index (χ4v) is 3.94. The molecule has 138 valence electrons. The Kier molecular flexibility index (Phi) is 5.18. The van der Waals surface area contributed by atoms with Crippen LogP contribution < -0.4 is 14.9 Å². The summed E-state index contributed by atoms with van der Waals surface area (Å²) >= 11 is 1.56. The fraction of sp³-hybridized carbons (Fsp3) is 0.350. The average Bonchev–Trinajstić information content (AvgIpc) is 2.58. The third-order valence-electron chi connectivity index (χ3n) is 4.05. The highest BCUT2D eigenvalue weighted by Gasteiger charge is 2.16. The molecule has 0 amide bonds. The molecule has 0 fully saturated rings. The molecule has 0 bridgehead atoms. The number of benzene rings is 2. The number of fused-ring (bicyclic) bond motifs is 2. The van der Waals surface area contributed by atoms with Crippen LogP contribution >= 0.6 is 11.3 Å². The van der Waals surface area contributed by atoms with Crippen molar-refractivity contribution in [1.82, 2.24) is 0 Å². The van der Waals surface area contributed by atoms with E-state index in [0.29, 0.717) is 33.3 Å². The average molecular weight is 374 g/mol. The van der Waals surface area contributed by atoms with Gasteiger partial charge in [-0.25, -0.2) is 0 Å². The van der Waals surface area contributed by atoms with Crippen LogP contribution in [-0.2, 0) is 0 Å². The highest BCUT2D eigenvalue weighted by atomic mass is 32.1. The van der Waals surface area contributed by atoms with Gasteiger partial charge in [-0.2, -0.15) is 0 Å². The zero-order valence-corrected chi connectivity index (χ0v) is 16.3. The molecule has 2 aromatic carbocycles. The Bertz CT molecular complexity index is 991. The summed E-state index contributed by atoms with van der Waals surface area (Å²) in [6.07, 6.45) is -0.568. The van der Waals surface area contributed by atoms with Gasteiger partial charge in [0.05, 0.1) is 28.3 Å². The van der Waals surface area contributed by atoms with Crippen LogP contribution in [0.25, 0.3) is 20.2 Å². The monoisotopic (exact) mass is 374 g/mol. The van der Waals surface area contributed by atoms with Gasteiger partial charge in [-0.15, -0.1) is 11.3 Å². The number of likely N-dealkylation sites (N-methyl/N-ethyl adjacent to an activating group) is 1. The number of aliphatic hydroxyl groups is 1. The molecule has 0 aliphatic heterocycles. The van der Waals surface area contributed by atoms with Gasteiger partial charge < -0.3 is 19.1 Å². The van der Waals surface area contributed by atoms with Gasteiger partial charge in [0.15, 0.2) is 5.43 Å². The minimum Gasteiger partial charge on any atom is -0.497 e. The largest absolute Gasteiger partial charge is 0.497 e. The molecule has 0 radical (unpaired) electrons. The summed E-state index contributed by atoms with van der Waals surface area (Å²) in [5, 5.41) is 11.4. The third kappa shape index (κ3) is 4.15. The van der Waals surface area contributed by atoms with E-state index in [9.17, 15) is 9.90 Å². The van der Waals surface area contributed by atoms with Crippen molar-refractivity contribution in [2.45, 2.75) is 6.10 Å². The number of rotatable bonds is 6. The predicted octanol–water partition coefficient (Wildman–Crippen LogP) is 2.87. The molecular formula is C20H24NO4S+. The second kappa shape index (κ2) is 7.23. The Morgan fingerprint density at radius 2 is 1.62 bits per heavy atom. The molecule has 0 saturated heterocycles. The Morgan fingerprint density at radius 1 is 1.04 bits per heavy atom. The van der Waals surface area contributed by atoms with Crippen molar-refractivity contribution in [3.63, 3.8) is 0 Å². The lowest BCUT2D eigenvalue weighted by Gasteiger charge is -2.26. The molecule has 1 unspecified atom stereocenters. The highest BCUT2D eigenvalue weighted by Crippen LogP contribution is 2.29. The van der Waals surface area contributed by atoms with Crippen LogP contribution in [0.15, 0.2) is 41.2 Å². The summed E-state index contributed by atoms with van der Waals surface area (Å²) in [4.78, 5) is 12.9. The van der Waals surface area contributed by atoms with Gasteiger partial charge in [0.1, 0.15) is 30.8 Å². The van der Waals surface area contributed by atoms with Gasteiger partial charge in [0.25, 0.3) is 0 Å². The van der Waals surface area contributed by atoms with E-state index in [-0.39, 0.29) is 12.0 Å². The summed E-state index contributed by atoms with van der Waals surface area (Å²) in [6.45, 7) is 0.785. The quantitative estimate of drug-likeness (QED) is 0.532. The van der Waals surface area contributed by atoms with E-state index in [2.05, 4.69) is 0 Å². The maximum atomic E-state index is 12.9. The molecule has 0 spiro atoms. The van der Waals surface area contributed by atoms with Crippen molar-refractivity contribution in [3.05, 3.63) is 46.6 Å². The van der Waals surface area contributed by atoms with E-state index in [1.54, 1.807) is 30.6 Å². The first kappa shape index (κ1) is 18.6. The molecule has 5 nitrogen and oxygen atoms in total. The molecular weight excluding hydrogens is 350 g/mol. The number of hydrogen-bond donors (Lipinski definition) is 1. The topological polar surface area (TPSA) is 55.8 Å². The summed E-state index contributed by atoms with van der Waals surface area (Å²) < 4.78 is 13.4. The first-order valence-corrected chi connectivity index (χ1v) is 9.24. The van der Waals surface area contributed by atoms with E-state index in [1.807, 2.05) is 45.4 Å². The molecule has 0 aliphatic carbocycles. The second-order valence-corrected chi connectivity index (χ2v) is 8.47. The minimum atomic E-state index is -0.568. The van der Waals surface area contributed by atoms with Crippen LogP contribution in [0.2, 0.25) is 0 Å². The summed E-state index contributed by atoms with van der Waals surface area (Å²) in [7, 11) is 7.64. The van der Waals surface area contributed by atoms with Crippen molar-refractivity contribution < 1.29 is 19.1 Å². The lowest BCUT2D eigenvalue weighted by Crippen LogP contribution is -2.43. The van der Waals surface area contributed by atoms with E-state index in [4.69, 9.17) is 9.47 Å². The van der Waals surface area contributed by atoms with Crippen LogP contribution in [0.4, 0.5) is 0 Å². The number of ether oxygens (including phenoxy) is 2. The molecule has 6 heteroatoms. The number of nitrogens with zero attached hydrogens (tertiary/aromatic N) is 1. The number of hydrogen-bond acceptors (Lipinski definition) is 5. The van der Waals surface area contributed by atoms with Crippen LogP contribution in [0.5, 0.6) is 11.5 Å². The third-order valence-corrected chi connectivity index (χ3v) is 5.20. The molecule has 1 N–H and O–H groups in total. The SMILES string of the molecule is COc1ccc2sc3ccc(OCC(O)C[N+](C)(C)C)cc3c(=O)c2c1. The maximum Gasteiger partial charge on any atom is 0.196 e. The zero-order valence-electron chi connectivity index (χ0n) is 15.5. The summed E-state index contributed by atoms with van der Waals surface area (Å²) in [5.74, 6) is 1.25. The first-order valence-electron chi connectivity index (χ1n) is 8.43. The smallest absolute Gasteiger partial charge is 0.196 e. The molecule has 1 aromatic heterocycles. The molecule has 26 heavy (non-hydrogen) atoms. The first-order chi connectivity index (χ1) is 12.3. The standard InChI is InChI=1S/C20H24NO4S/c1-21(2,3)11-13(22)12-25-15-6-8-19-17(10-15)20(23)16-9-14(24-4)5-7-18(16)26-19/h5-10,13,22H,11-12H2,1-4H3/q+1. The number of methoxy groups -OCH3 is 1. The van der Waals surface area contributed by atoms with E-state index in [1.165, 1.54) is 0 Å². The van der Waals surface area contributed by atoms with E-state index < -0.39 is 6.10 Å². The number of aliphatic hydroxyl groups excluding tert-OH is 1. The Labute approximate surface area is 156 Å². The molecule has 0 saturated carbocycles. The van der Waals surface area contributed by atoms with Crippen molar-refractivity contribution in [1.29, 1.82) is 0 Å². The molecule has 1 heterocycles. The van der Waals surface area contributed by atoms with Crippen LogP contribution in [0, 0.1) is 0 Å². The molecule has 3 rings (SSSR count). The van der Waals surface area contributed by atoms with Crippen LogP contribution in [-0.4, -0.2) is 57.1 Å².